The predicted molar refractivity (Wildman–Crippen MR) is 102 cm³/mol. The molecule has 0 aliphatic heterocycles. The van der Waals surface area contributed by atoms with Crippen molar-refractivity contribution in [2.24, 2.45) is 0 Å². The molecule has 1 fully saturated rings. The molecule has 1 atom stereocenters. The van der Waals surface area contributed by atoms with Gasteiger partial charge in [0.2, 0.25) is 5.91 Å². The number of aromatic nitrogens is 2. The molecule has 1 aliphatic rings. The van der Waals surface area contributed by atoms with Gasteiger partial charge in [-0.1, -0.05) is 49.6 Å². The third-order valence-electron chi connectivity index (χ3n) is 4.83. The molecule has 1 saturated carbocycles. The predicted octanol–water partition coefficient (Wildman–Crippen LogP) is 1.89. The van der Waals surface area contributed by atoms with E-state index in [0.717, 1.165) is 25.7 Å². The van der Waals surface area contributed by atoms with Gasteiger partial charge in [0.05, 0.1) is 11.8 Å². The summed E-state index contributed by atoms with van der Waals surface area (Å²) in [6.45, 7) is 0.0187. The molecule has 0 spiro atoms. The normalized spacial score (nSPS) is 15.6. The average Bonchev–Trinajstić information content (AvgIpc) is 3.15. The fourth-order valence-corrected chi connectivity index (χ4v) is 3.38. The monoisotopic (exact) mass is 384 g/mol. The highest BCUT2D eigenvalue weighted by atomic mass is 16.4. The summed E-state index contributed by atoms with van der Waals surface area (Å²) in [7, 11) is 0. The molecule has 1 unspecified atom stereocenters. The zero-order valence-electron chi connectivity index (χ0n) is 15.5. The Morgan fingerprint density at radius 2 is 1.86 bits per heavy atom. The van der Waals surface area contributed by atoms with Gasteiger partial charge < -0.3 is 15.7 Å². The van der Waals surface area contributed by atoms with Gasteiger partial charge in [0.25, 0.3) is 5.91 Å². The van der Waals surface area contributed by atoms with Crippen LogP contribution in [-0.2, 0) is 16.1 Å². The summed E-state index contributed by atoms with van der Waals surface area (Å²) in [4.78, 5) is 36.1. The lowest BCUT2D eigenvalue weighted by Gasteiger charge is -2.22. The molecule has 1 aromatic heterocycles. The fourth-order valence-electron chi connectivity index (χ4n) is 3.38. The van der Waals surface area contributed by atoms with Gasteiger partial charge in [0, 0.05) is 12.2 Å². The van der Waals surface area contributed by atoms with Crippen molar-refractivity contribution in [2.45, 2.75) is 50.7 Å². The number of carbonyl (C=O) groups is 3. The standard InChI is InChI=1S/C20H24N4O4/c25-17(22-16-9-5-2-6-10-16)13-24-12-15(11-21-24)19(26)23-18(20(27)28)14-7-3-1-4-8-14/h1,3-4,7-8,11-12,16,18H,2,5-6,9-10,13H2,(H,22,25)(H,23,26)(H,27,28). The Hall–Kier alpha value is -3.16. The van der Waals surface area contributed by atoms with Gasteiger partial charge in [-0.15, -0.1) is 0 Å². The molecule has 2 aromatic rings. The van der Waals surface area contributed by atoms with Crippen LogP contribution in [0.1, 0.15) is 54.1 Å². The van der Waals surface area contributed by atoms with Crippen molar-refractivity contribution in [2.75, 3.05) is 0 Å². The number of hydrogen-bond acceptors (Lipinski definition) is 4. The second-order valence-electron chi connectivity index (χ2n) is 6.98. The molecule has 0 saturated heterocycles. The number of rotatable bonds is 7. The summed E-state index contributed by atoms with van der Waals surface area (Å²) in [5.74, 6) is -1.86. The molecule has 1 aromatic carbocycles. The van der Waals surface area contributed by atoms with E-state index >= 15 is 0 Å². The van der Waals surface area contributed by atoms with E-state index in [0.29, 0.717) is 5.56 Å². The molecule has 0 radical (unpaired) electrons. The van der Waals surface area contributed by atoms with Crippen LogP contribution in [0.5, 0.6) is 0 Å². The first-order chi connectivity index (χ1) is 13.5. The van der Waals surface area contributed by atoms with E-state index in [-0.39, 0.29) is 24.1 Å². The molecule has 1 heterocycles. The van der Waals surface area contributed by atoms with E-state index in [1.54, 1.807) is 30.3 Å². The zero-order chi connectivity index (χ0) is 19.9. The molecule has 8 nitrogen and oxygen atoms in total. The van der Waals surface area contributed by atoms with Crippen LogP contribution in [0, 0.1) is 0 Å². The minimum Gasteiger partial charge on any atom is -0.479 e. The molecular weight excluding hydrogens is 360 g/mol. The summed E-state index contributed by atoms with van der Waals surface area (Å²) in [5, 5.41) is 18.9. The Balaban J connectivity index is 1.58. The van der Waals surface area contributed by atoms with E-state index in [1.165, 1.54) is 23.5 Å². The first-order valence-corrected chi connectivity index (χ1v) is 9.43. The summed E-state index contributed by atoms with van der Waals surface area (Å²) in [6, 6.07) is 7.51. The van der Waals surface area contributed by atoms with Gasteiger partial charge in [0.1, 0.15) is 6.54 Å². The Morgan fingerprint density at radius 1 is 1.14 bits per heavy atom. The van der Waals surface area contributed by atoms with Gasteiger partial charge >= 0.3 is 5.97 Å². The van der Waals surface area contributed by atoms with E-state index in [1.807, 2.05) is 0 Å². The second-order valence-corrected chi connectivity index (χ2v) is 6.98. The van der Waals surface area contributed by atoms with Gasteiger partial charge in [-0.2, -0.15) is 5.10 Å². The minimum atomic E-state index is -1.16. The van der Waals surface area contributed by atoms with E-state index < -0.39 is 17.9 Å². The molecule has 28 heavy (non-hydrogen) atoms. The Bertz CT molecular complexity index is 828. The van der Waals surface area contributed by atoms with Crippen LogP contribution in [0.2, 0.25) is 0 Å². The number of benzene rings is 1. The molecule has 2 amide bonds. The highest BCUT2D eigenvalue weighted by molar-refractivity contribution is 5.96. The van der Waals surface area contributed by atoms with Crippen LogP contribution in [0.3, 0.4) is 0 Å². The molecule has 148 valence electrons. The van der Waals surface area contributed by atoms with Gasteiger partial charge in [-0.25, -0.2) is 4.79 Å². The maximum absolute atomic E-state index is 12.4. The summed E-state index contributed by atoms with van der Waals surface area (Å²) >= 11 is 0. The summed E-state index contributed by atoms with van der Waals surface area (Å²) in [6.07, 6.45) is 8.23. The number of hydrogen-bond donors (Lipinski definition) is 3. The van der Waals surface area contributed by atoms with Crippen LogP contribution in [-0.4, -0.2) is 38.7 Å². The number of nitrogens with one attached hydrogen (secondary N) is 2. The lowest BCUT2D eigenvalue weighted by atomic mass is 9.95. The van der Waals surface area contributed by atoms with E-state index in [2.05, 4.69) is 15.7 Å². The molecule has 3 N–H and O–H groups in total. The van der Waals surface area contributed by atoms with Gasteiger partial charge in [0.15, 0.2) is 6.04 Å². The maximum Gasteiger partial charge on any atom is 0.330 e. The highest BCUT2D eigenvalue weighted by Crippen LogP contribution is 2.17. The third kappa shape index (κ3) is 5.18. The second kappa shape index (κ2) is 9.16. The first kappa shape index (κ1) is 19.6. The van der Waals surface area contributed by atoms with Gasteiger partial charge in [-0.3, -0.25) is 14.3 Å². The number of carboxylic acid groups (broad SMARTS) is 1. The molecular formula is C20H24N4O4. The van der Waals surface area contributed by atoms with Crippen LogP contribution in [0.25, 0.3) is 0 Å². The van der Waals surface area contributed by atoms with Crippen molar-refractivity contribution in [1.82, 2.24) is 20.4 Å². The Morgan fingerprint density at radius 3 is 2.54 bits per heavy atom. The number of carbonyl (C=O) groups excluding carboxylic acids is 2. The van der Waals surface area contributed by atoms with Gasteiger partial charge in [-0.05, 0) is 18.4 Å². The van der Waals surface area contributed by atoms with Crippen LogP contribution < -0.4 is 10.6 Å². The quantitative estimate of drug-likeness (QED) is 0.675. The zero-order valence-corrected chi connectivity index (χ0v) is 15.5. The van der Waals surface area contributed by atoms with Crippen LogP contribution in [0.15, 0.2) is 42.7 Å². The third-order valence-corrected chi connectivity index (χ3v) is 4.83. The molecule has 0 bridgehead atoms. The number of aliphatic carboxylic acids is 1. The van der Waals surface area contributed by atoms with E-state index in [4.69, 9.17) is 0 Å². The van der Waals surface area contributed by atoms with Crippen LogP contribution in [0.4, 0.5) is 0 Å². The summed E-state index contributed by atoms with van der Waals surface area (Å²) in [5.41, 5.74) is 0.676. The number of nitrogens with zero attached hydrogens (tertiary/aromatic N) is 2. The Kier molecular flexibility index (Phi) is 6.41. The van der Waals surface area contributed by atoms with Crippen molar-refractivity contribution in [3.05, 3.63) is 53.9 Å². The van der Waals surface area contributed by atoms with Crippen molar-refractivity contribution in [3.63, 3.8) is 0 Å². The fraction of sp³-hybridized carbons (Fsp3) is 0.400. The smallest absolute Gasteiger partial charge is 0.330 e. The van der Waals surface area contributed by atoms with Crippen molar-refractivity contribution in [3.8, 4) is 0 Å². The number of carboxylic acids is 1. The lowest BCUT2D eigenvalue weighted by Crippen LogP contribution is -2.38. The average molecular weight is 384 g/mol. The van der Waals surface area contributed by atoms with Crippen molar-refractivity contribution < 1.29 is 19.5 Å². The lowest BCUT2D eigenvalue weighted by molar-refractivity contribution is -0.139. The minimum absolute atomic E-state index is 0.0187. The topological polar surface area (TPSA) is 113 Å². The molecule has 1 aliphatic carbocycles. The largest absolute Gasteiger partial charge is 0.479 e. The highest BCUT2D eigenvalue weighted by Gasteiger charge is 2.23. The Labute approximate surface area is 162 Å². The molecule has 8 heteroatoms. The van der Waals surface area contributed by atoms with Crippen molar-refractivity contribution in [1.29, 1.82) is 0 Å². The van der Waals surface area contributed by atoms with Crippen molar-refractivity contribution >= 4 is 17.8 Å². The SMILES string of the molecule is O=C(Cn1cc(C(=O)NC(C(=O)O)c2ccccc2)cn1)NC1CCCCC1. The summed E-state index contributed by atoms with van der Waals surface area (Å²) < 4.78 is 1.38. The van der Waals surface area contributed by atoms with Crippen LogP contribution >= 0.6 is 0 Å². The van der Waals surface area contributed by atoms with E-state index in [9.17, 15) is 19.5 Å². The maximum atomic E-state index is 12.4. The molecule has 3 rings (SSSR count). The number of amides is 2. The first-order valence-electron chi connectivity index (χ1n) is 9.43.